The number of carboxylic acids is 2. The fraction of sp³-hybridized carbons (Fsp3) is 0.707. The lowest BCUT2D eigenvalue weighted by atomic mass is 9.89. The van der Waals surface area contributed by atoms with E-state index in [1.54, 1.807) is 54.1 Å². The molecule has 0 bridgehead atoms. The number of Topliss-reactive ketones (excluding diaryl/α,β-unsaturated/α-hetero) is 1. The summed E-state index contributed by atoms with van der Waals surface area (Å²) in [5.41, 5.74) is 6.02. The predicted molar refractivity (Wildman–Crippen MR) is 438 cm³/mol. The van der Waals surface area contributed by atoms with Gasteiger partial charge in [-0.15, -0.1) is 11.8 Å². The maximum atomic E-state index is 15.0. The molecule has 2 fully saturated rings. The van der Waals surface area contributed by atoms with Gasteiger partial charge in [-0.1, -0.05) is 118 Å². The van der Waals surface area contributed by atoms with Gasteiger partial charge in [0.1, 0.15) is 48.3 Å². The highest BCUT2D eigenvalue weighted by Gasteiger charge is 2.45. The number of phenols is 1. The van der Waals surface area contributed by atoms with Crippen molar-refractivity contribution in [2.24, 2.45) is 29.4 Å². The second-order valence-corrected chi connectivity index (χ2v) is 34.5. The molecule has 33 heteroatoms. The Morgan fingerprint density at radius 2 is 1.28 bits per heavy atom. The smallest absolute Gasteiger partial charge is 0.326 e. The van der Waals surface area contributed by atoms with Gasteiger partial charge in [-0.25, -0.2) is 9.59 Å². The van der Waals surface area contributed by atoms with Gasteiger partial charge in [0.2, 0.25) is 47.3 Å². The number of urea groups is 1. The van der Waals surface area contributed by atoms with Crippen LogP contribution in [-0.4, -0.2) is 271 Å². The van der Waals surface area contributed by atoms with Gasteiger partial charge in [-0.05, 0) is 133 Å². The van der Waals surface area contributed by atoms with Crippen molar-refractivity contribution in [2.45, 2.75) is 268 Å². The molecule has 0 aromatic heterocycles. The molecule has 0 spiro atoms. The summed E-state index contributed by atoms with van der Waals surface area (Å²) in [5.74, 6) is -8.74. The number of hydrogen-bond acceptors (Lipinski definition) is 21. The highest BCUT2D eigenvalue weighted by Crippen LogP contribution is 2.34. The molecule has 2 aromatic rings. The molecule has 0 aliphatic carbocycles. The SMILES string of the molecule is CC[C@H](C)[C@@H]([C@@H](CC(=O)N1CCC[C@H]1[C@H](OC)[C@@H](C)C(=O)N[C@@H](Cc1ccccc1)C(=O)N[C@@H](CCCNC(N)=O)C(=O)N[C@@H](CCCCNC1OC1CCOCCC(C)(C)NCC(=O)CNC(=O)C(CC(=O)O)SC(C)(C)CC)C(=O)N[C@@H](Cc1ccc(O)cc1)C(=O)O)OC)N(C)C(=O)[C@@H](NC(=O)[C@H](C(C)C)N(C)C)C(C)C. The summed E-state index contributed by atoms with van der Waals surface area (Å²) in [6.07, 6.45) is 1.37. The van der Waals surface area contributed by atoms with Crippen LogP contribution in [0.1, 0.15) is 178 Å². The third kappa shape index (κ3) is 34.2. The number of likely N-dealkylation sites (N-methyl/N-ethyl adjacent to an activating group) is 2. The number of likely N-dealkylation sites (tertiary alicyclic amines) is 1. The van der Waals surface area contributed by atoms with E-state index in [0.717, 1.165) is 6.42 Å². The summed E-state index contributed by atoms with van der Waals surface area (Å²) in [6, 6.07) is 5.59. The van der Waals surface area contributed by atoms with Crippen LogP contribution in [-0.2, 0) is 84.5 Å². The molecule has 10 amide bonds. The number of thioether (sulfide) groups is 1. The minimum absolute atomic E-state index is 0.00382. The number of hydrogen-bond donors (Lipinski definition) is 13. The summed E-state index contributed by atoms with van der Waals surface area (Å²) >= 11 is 1.27. The summed E-state index contributed by atoms with van der Waals surface area (Å²) in [5, 5.41) is 54.6. The van der Waals surface area contributed by atoms with Gasteiger partial charge < -0.3 is 92.3 Å². The maximum Gasteiger partial charge on any atom is 0.326 e. The van der Waals surface area contributed by atoms with Gasteiger partial charge in [-0.2, -0.15) is 0 Å². The topological polar surface area (TPSA) is 450 Å². The van der Waals surface area contributed by atoms with Crippen LogP contribution < -0.4 is 53.6 Å². The largest absolute Gasteiger partial charge is 0.508 e. The van der Waals surface area contributed by atoms with Gasteiger partial charge in [-0.3, -0.25) is 58.2 Å². The number of amides is 10. The Kier molecular flexibility index (Phi) is 42.5. The number of epoxide rings is 1. The number of ether oxygens (including phenoxy) is 4. The fourth-order valence-electron chi connectivity index (χ4n) is 14.2. The summed E-state index contributed by atoms with van der Waals surface area (Å²) < 4.78 is 23.7. The standard InChI is InChI=1S/C82H135N13O19S/c1-18-51(7)69(94(15)78(107)67(49(3)4)92-76(106)68(50(5)6)93(13)14)63(111-16)45-65(98)95-40-26-31-61(95)70(112-17)52(8)71(101)90-59(43-53-27-21-20-22-28-53)74(104)89-58(30-25-39-85-80(83)110)72(102)88-57(73(103)91-60(79(108)109)44-54-32-34-55(96)35-33-54)29-23-24-38-84-77-62(114-77)36-41-113-42-37-81(9,10)87-48-56(97)47-86-75(105)64(46-66(99)100)115-82(11,12)19-2/h20-22,27-28,32-35,49-52,57-64,67-70,77,84,87,96H,18-19,23-26,29-31,36-48H2,1-17H3,(H,86,105)(H,88,102)(H,89,104)(H,90,101)(H,91,103)(H,92,106)(H,99,100)(H,108,109)(H3,83,85,110)/t51-,52+,57-,58-,59-,60-,61-,62?,63+,64?,67-,68-,69-,70+,77?/m0/s1. The fourth-order valence-corrected chi connectivity index (χ4v) is 15.6. The number of carbonyl (C=O) groups excluding carboxylic acids is 10. The third-order valence-corrected chi connectivity index (χ3v) is 23.1. The predicted octanol–water partition coefficient (Wildman–Crippen LogP) is 4.40. The van der Waals surface area contributed by atoms with Crippen molar-refractivity contribution < 1.29 is 91.8 Å². The molecule has 648 valence electrons. The second-order valence-electron chi connectivity index (χ2n) is 32.6. The number of aliphatic carboxylic acids is 2. The number of primary amides is 1. The number of aromatic hydroxyl groups is 1. The maximum absolute atomic E-state index is 15.0. The van der Waals surface area contributed by atoms with Crippen molar-refractivity contribution in [1.82, 2.24) is 62.6 Å². The van der Waals surface area contributed by atoms with E-state index in [9.17, 15) is 68.1 Å². The van der Waals surface area contributed by atoms with E-state index in [4.69, 9.17) is 24.7 Å². The Morgan fingerprint density at radius 3 is 1.84 bits per heavy atom. The average Bonchev–Trinajstić information content (AvgIpc) is 1.79. The van der Waals surface area contributed by atoms with Crippen LogP contribution in [0, 0.1) is 23.7 Å². The number of rotatable bonds is 56. The Bertz CT molecular complexity index is 3440. The van der Waals surface area contributed by atoms with Gasteiger partial charge in [0, 0.05) is 77.1 Å². The van der Waals surface area contributed by atoms with Crippen LogP contribution in [0.2, 0.25) is 0 Å². The number of unbranched alkanes of at least 4 members (excludes halogenated alkanes) is 1. The molecule has 14 N–H and O–H groups in total. The molecule has 2 saturated heterocycles. The van der Waals surface area contributed by atoms with Crippen LogP contribution in [0.5, 0.6) is 5.75 Å². The number of phenolic OH excluding ortho intramolecular Hbond substituents is 1. The summed E-state index contributed by atoms with van der Waals surface area (Å²) in [6.45, 7) is 24.1. The van der Waals surface area contributed by atoms with Crippen molar-refractivity contribution in [1.29, 1.82) is 0 Å². The number of carboxylic acid groups (broad SMARTS) is 2. The lowest BCUT2D eigenvalue weighted by Crippen LogP contribution is -2.60. The number of methoxy groups -OCH3 is 2. The second kappa shape index (κ2) is 49.2. The first-order valence-electron chi connectivity index (χ1n) is 40.5. The van der Waals surface area contributed by atoms with E-state index >= 15 is 4.79 Å². The molecule has 32 nitrogen and oxygen atoms in total. The number of nitrogens with one attached hydrogen (secondary N) is 9. The molecule has 4 rings (SSSR count). The van der Waals surface area contributed by atoms with Crippen molar-refractivity contribution in [2.75, 3.05) is 81.3 Å². The van der Waals surface area contributed by atoms with Gasteiger partial charge in [0.05, 0.1) is 67.4 Å². The first kappa shape index (κ1) is 99.3. The van der Waals surface area contributed by atoms with Gasteiger partial charge in [0.15, 0.2) is 5.78 Å². The van der Waals surface area contributed by atoms with Crippen molar-refractivity contribution in [3.63, 3.8) is 0 Å². The van der Waals surface area contributed by atoms with E-state index < -0.39 is 125 Å². The quantitative estimate of drug-likeness (QED) is 0.0322. The summed E-state index contributed by atoms with van der Waals surface area (Å²) in [7, 11) is 8.25. The van der Waals surface area contributed by atoms with Crippen LogP contribution >= 0.6 is 11.8 Å². The molecule has 3 unspecified atom stereocenters. The minimum Gasteiger partial charge on any atom is -0.508 e. The van der Waals surface area contributed by atoms with Crippen LogP contribution in [0.4, 0.5) is 4.79 Å². The first-order chi connectivity index (χ1) is 54.2. The molecule has 2 aliphatic rings. The van der Waals surface area contributed by atoms with E-state index in [0.29, 0.717) is 82.4 Å². The molecule has 2 heterocycles. The first-order valence-corrected chi connectivity index (χ1v) is 41.3. The van der Waals surface area contributed by atoms with Gasteiger partial charge >= 0.3 is 18.0 Å². The Labute approximate surface area is 683 Å². The van der Waals surface area contributed by atoms with Crippen LogP contribution in [0.15, 0.2) is 54.6 Å². The number of carbonyl (C=O) groups is 12. The van der Waals surface area contributed by atoms with E-state index in [2.05, 4.69) is 47.9 Å². The zero-order valence-electron chi connectivity index (χ0n) is 70.8. The number of ketones is 1. The summed E-state index contributed by atoms with van der Waals surface area (Å²) in [4.78, 5) is 169. The molecule has 0 saturated carbocycles. The molecule has 2 aromatic carbocycles. The number of nitrogens with zero attached hydrogens (tertiary/aromatic N) is 3. The van der Waals surface area contributed by atoms with E-state index in [1.165, 1.54) is 50.2 Å². The molecule has 15 atom stereocenters. The van der Waals surface area contributed by atoms with Gasteiger partial charge in [0.25, 0.3) is 0 Å². The molecular weight excluding hydrogens is 1500 g/mol. The molecule has 115 heavy (non-hydrogen) atoms. The number of nitrogens with two attached hydrogens (primary N) is 1. The molecule has 2 aliphatic heterocycles. The van der Waals surface area contributed by atoms with Crippen molar-refractivity contribution in [3.8, 4) is 5.75 Å². The highest BCUT2D eigenvalue weighted by molar-refractivity contribution is 8.01. The number of benzene rings is 2. The zero-order valence-corrected chi connectivity index (χ0v) is 71.6. The van der Waals surface area contributed by atoms with E-state index in [-0.39, 0.29) is 129 Å². The lowest BCUT2D eigenvalue weighted by molar-refractivity contribution is -0.148. The molecular formula is C82H135N13O19S. The monoisotopic (exact) mass is 1640 g/mol. The lowest BCUT2D eigenvalue weighted by Gasteiger charge is -2.41. The highest BCUT2D eigenvalue weighted by atomic mass is 32.2. The van der Waals surface area contributed by atoms with Crippen molar-refractivity contribution in [3.05, 3.63) is 65.7 Å². The normalized spacial score (nSPS) is 18.1. The van der Waals surface area contributed by atoms with Crippen LogP contribution in [0.3, 0.4) is 0 Å². The Hall–Kier alpha value is -8.05. The van der Waals surface area contributed by atoms with E-state index in [1.807, 2.05) is 95.2 Å². The van der Waals surface area contributed by atoms with Crippen LogP contribution in [0.25, 0.3) is 0 Å². The Morgan fingerprint density at radius 1 is 0.678 bits per heavy atom. The average molecular weight is 1640 g/mol. The third-order valence-electron chi connectivity index (χ3n) is 21.5. The minimum atomic E-state index is -1.48. The Balaban J connectivity index is 1.48. The molecule has 0 radical (unpaired) electrons. The zero-order chi connectivity index (χ0) is 86.0. The van der Waals surface area contributed by atoms with Crippen molar-refractivity contribution >= 4 is 82.8 Å².